The Morgan fingerprint density at radius 2 is 2.10 bits per heavy atom. The van der Waals surface area contributed by atoms with E-state index in [4.69, 9.17) is 9.84 Å². The summed E-state index contributed by atoms with van der Waals surface area (Å²) in [7, 11) is 0. The molecule has 0 unspecified atom stereocenters. The Balaban J connectivity index is 2.14. The van der Waals surface area contributed by atoms with Gasteiger partial charge in [-0.05, 0) is 49.5 Å². The first-order valence-corrected chi connectivity index (χ1v) is 8.19. The van der Waals surface area contributed by atoms with Crippen molar-refractivity contribution in [3.05, 3.63) is 33.8 Å². The lowest BCUT2D eigenvalue weighted by Crippen LogP contribution is -2.16. The van der Waals surface area contributed by atoms with E-state index in [0.29, 0.717) is 5.92 Å². The van der Waals surface area contributed by atoms with Crippen molar-refractivity contribution in [1.82, 2.24) is 0 Å². The van der Waals surface area contributed by atoms with Gasteiger partial charge in [-0.1, -0.05) is 35.2 Å². The summed E-state index contributed by atoms with van der Waals surface area (Å²) in [5, 5.41) is 8.80. The molecule has 114 valence electrons. The molecule has 1 fully saturated rings. The van der Waals surface area contributed by atoms with Crippen LogP contribution in [0.25, 0.3) is 6.08 Å². The van der Waals surface area contributed by atoms with E-state index in [-0.39, 0.29) is 0 Å². The summed E-state index contributed by atoms with van der Waals surface area (Å²) < 4.78 is 6.96. The van der Waals surface area contributed by atoms with Gasteiger partial charge in [-0.25, -0.2) is 4.79 Å². The molecule has 0 aromatic heterocycles. The number of hydrogen-bond donors (Lipinski definition) is 1. The molecule has 3 nitrogen and oxygen atoms in total. The van der Waals surface area contributed by atoms with Gasteiger partial charge in [0, 0.05) is 16.1 Å². The lowest BCUT2D eigenvalue weighted by Gasteiger charge is -2.23. The van der Waals surface area contributed by atoms with Crippen molar-refractivity contribution in [1.29, 1.82) is 0 Å². The molecule has 1 aromatic rings. The predicted molar refractivity (Wildman–Crippen MR) is 87.6 cm³/mol. The van der Waals surface area contributed by atoms with E-state index in [9.17, 15) is 4.79 Å². The topological polar surface area (TPSA) is 46.5 Å². The summed E-state index contributed by atoms with van der Waals surface area (Å²) in [6.07, 6.45) is 9.12. The monoisotopic (exact) mass is 352 g/mol. The molecule has 2 rings (SSSR count). The molecule has 0 atom stereocenters. The van der Waals surface area contributed by atoms with Crippen LogP contribution < -0.4 is 4.74 Å². The second-order valence-electron chi connectivity index (χ2n) is 5.63. The first-order valence-electron chi connectivity index (χ1n) is 7.40. The number of ether oxygens (including phenoxy) is 1. The molecule has 4 heteroatoms. The Hall–Kier alpha value is -1.29. The summed E-state index contributed by atoms with van der Waals surface area (Å²) in [5.41, 5.74) is 1.82. The van der Waals surface area contributed by atoms with Gasteiger partial charge in [-0.2, -0.15) is 0 Å². The number of benzene rings is 1. The van der Waals surface area contributed by atoms with Crippen LogP contribution >= 0.6 is 15.9 Å². The molecule has 1 aliphatic rings. The maximum absolute atomic E-state index is 10.7. The van der Waals surface area contributed by atoms with Crippen molar-refractivity contribution < 1.29 is 14.6 Å². The molecule has 0 amide bonds. The molecule has 1 aromatic carbocycles. The number of carbonyl (C=O) groups is 1. The van der Waals surface area contributed by atoms with Gasteiger partial charge in [0.1, 0.15) is 5.75 Å². The zero-order valence-electron chi connectivity index (χ0n) is 12.3. The Kier molecular flexibility index (Phi) is 5.85. The number of rotatable bonds is 5. The maximum Gasteiger partial charge on any atom is 0.328 e. The van der Waals surface area contributed by atoms with Crippen LogP contribution in [0.4, 0.5) is 0 Å². The third-order valence-electron chi connectivity index (χ3n) is 3.86. The lowest BCUT2D eigenvalue weighted by atomic mass is 9.90. The van der Waals surface area contributed by atoms with Gasteiger partial charge in [0.05, 0.1) is 6.61 Å². The summed E-state index contributed by atoms with van der Waals surface area (Å²) >= 11 is 3.45. The van der Waals surface area contributed by atoms with Crippen molar-refractivity contribution in [2.45, 2.75) is 39.0 Å². The third-order valence-corrected chi connectivity index (χ3v) is 4.32. The van der Waals surface area contributed by atoms with E-state index < -0.39 is 5.97 Å². The van der Waals surface area contributed by atoms with E-state index in [1.165, 1.54) is 32.1 Å². The van der Waals surface area contributed by atoms with Crippen molar-refractivity contribution in [3.8, 4) is 5.75 Å². The SMILES string of the molecule is Cc1cc(Br)cc(/C=C/C(=O)O)c1OCC1CCCCC1. The number of carboxylic acids is 1. The molecule has 1 saturated carbocycles. The van der Waals surface area contributed by atoms with E-state index in [0.717, 1.165) is 34.0 Å². The van der Waals surface area contributed by atoms with Gasteiger partial charge < -0.3 is 9.84 Å². The van der Waals surface area contributed by atoms with Gasteiger partial charge in [-0.15, -0.1) is 0 Å². The van der Waals surface area contributed by atoms with Gasteiger partial charge in [0.25, 0.3) is 0 Å². The number of aliphatic carboxylic acids is 1. The molecular formula is C17H21BrO3. The van der Waals surface area contributed by atoms with Gasteiger partial charge in [0.2, 0.25) is 0 Å². The summed E-state index contributed by atoms with van der Waals surface area (Å²) in [6, 6.07) is 3.89. The van der Waals surface area contributed by atoms with Crippen LogP contribution in [0.1, 0.15) is 43.2 Å². The van der Waals surface area contributed by atoms with Crippen LogP contribution in [0.15, 0.2) is 22.7 Å². The van der Waals surface area contributed by atoms with Crippen molar-refractivity contribution >= 4 is 28.0 Å². The highest BCUT2D eigenvalue weighted by atomic mass is 79.9. The van der Waals surface area contributed by atoms with E-state index in [1.807, 2.05) is 19.1 Å². The van der Waals surface area contributed by atoms with Gasteiger partial charge >= 0.3 is 5.97 Å². The highest BCUT2D eigenvalue weighted by Crippen LogP contribution is 2.31. The average Bonchev–Trinajstić information content (AvgIpc) is 2.45. The highest BCUT2D eigenvalue weighted by molar-refractivity contribution is 9.10. The smallest absolute Gasteiger partial charge is 0.328 e. The summed E-state index contributed by atoms with van der Waals surface area (Å²) in [4.78, 5) is 10.7. The quantitative estimate of drug-likeness (QED) is 0.773. The standard InChI is InChI=1S/C17H21BrO3/c1-12-9-15(18)10-14(7-8-16(19)20)17(12)21-11-13-5-3-2-4-6-13/h7-10,13H,2-6,11H2,1H3,(H,19,20)/b8-7+. The molecule has 21 heavy (non-hydrogen) atoms. The van der Waals surface area contributed by atoms with E-state index in [1.54, 1.807) is 6.08 Å². The van der Waals surface area contributed by atoms with Crippen LogP contribution in [-0.4, -0.2) is 17.7 Å². The third kappa shape index (κ3) is 4.88. The fourth-order valence-electron chi connectivity index (χ4n) is 2.79. The number of hydrogen-bond acceptors (Lipinski definition) is 2. The molecule has 0 saturated heterocycles. The van der Waals surface area contributed by atoms with Crippen molar-refractivity contribution in [2.75, 3.05) is 6.61 Å². The molecule has 1 aliphatic carbocycles. The molecule has 0 spiro atoms. The van der Waals surface area contributed by atoms with Crippen molar-refractivity contribution in [2.24, 2.45) is 5.92 Å². The Morgan fingerprint density at radius 3 is 2.76 bits per heavy atom. The Bertz CT molecular complexity index is 531. The van der Waals surface area contributed by atoms with E-state index >= 15 is 0 Å². The molecule has 0 bridgehead atoms. The molecular weight excluding hydrogens is 332 g/mol. The number of aryl methyl sites for hydroxylation is 1. The number of carboxylic acid groups (broad SMARTS) is 1. The number of halogens is 1. The van der Waals surface area contributed by atoms with Crippen LogP contribution in [0.3, 0.4) is 0 Å². The first kappa shape index (κ1) is 16.1. The average molecular weight is 353 g/mol. The fourth-order valence-corrected chi connectivity index (χ4v) is 3.38. The highest BCUT2D eigenvalue weighted by Gasteiger charge is 2.15. The molecule has 1 N–H and O–H groups in total. The fraction of sp³-hybridized carbons (Fsp3) is 0.471. The zero-order valence-corrected chi connectivity index (χ0v) is 13.9. The minimum Gasteiger partial charge on any atom is -0.492 e. The summed E-state index contributed by atoms with van der Waals surface area (Å²) in [6.45, 7) is 2.70. The van der Waals surface area contributed by atoms with Crippen LogP contribution in [0.5, 0.6) is 5.75 Å². The normalized spacial score (nSPS) is 16.3. The van der Waals surface area contributed by atoms with Crippen LogP contribution in [-0.2, 0) is 4.79 Å². The molecule has 0 heterocycles. The van der Waals surface area contributed by atoms with Crippen LogP contribution in [0.2, 0.25) is 0 Å². The van der Waals surface area contributed by atoms with E-state index in [2.05, 4.69) is 15.9 Å². The molecule has 0 radical (unpaired) electrons. The second kappa shape index (κ2) is 7.64. The lowest BCUT2D eigenvalue weighted by molar-refractivity contribution is -0.131. The minimum absolute atomic E-state index is 0.623. The second-order valence-corrected chi connectivity index (χ2v) is 6.54. The van der Waals surface area contributed by atoms with Gasteiger partial charge in [-0.3, -0.25) is 0 Å². The van der Waals surface area contributed by atoms with Crippen LogP contribution in [0, 0.1) is 12.8 Å². The largest absolute Gasteiger partial charge is 0.492 e. The molecule has 0 aliphatic heterocycles. The van der Waals surface area contributed by atoms with Gasteiger partial charge in [0.15, 0.2) is 0 Å². The first-order chi connectivity index (χ1) is 10.1. The Labute approximate surface area is 134 Å². The predicted octanol–water partition coefficient (Wildman–Crippen LogP) is 4.81. The Morgan fingerprint density at radius 1 is 1.38 bits per heavy atom. The van der Waals surface area contributed by atoms with Crippen molar-refractivity contribution in [3.63, 3.8) is 0 Å². The summed E-state index contributed by atoms with van der Waals surface area (Å²) in [5.74, 6) is 0.463. The zero-order chi connectivity index (χ0) is 15.2. The minimum atomic E-state index is -0.953. The maximum atomic E-state index is 10.7.